The summed E-state index contributed by atoms with van der Waals surface area (Å²) in [4.78, 5) is 19.3. The van der Waals surface area contributed by atoms with Crippen molar-refractivity contribution in [3.8, 4) is 27.8 Å². The Labute approximate surface area is 178 Å². The van der Waals surface area contributed by atoms with Gasteiger partial charge in [0.15, 0.2) is 11.5 Å². The fraction of sp³-hybridized carbons (Fsp3) is 0.333. The molecule has 154 valence electrons. The molecule has 0 aliphatic heterocycles. The number of methoxy groups -OCH3 is 3. The second-order valence-corrected chi connectivity index (χ2v) is 8.52. The topological polar surface area (TPSA) is 69.7 Å². The summed E-state index contributed by atoms with van der Waals surface area (Å²) >= 11 is 3.36. The number of hydrogen-bond acceptors (Lipinski definition) is 7. The van der Waals surface area contributed by atoms with Crippen molar-refractivity contribution in [1.29, 1.82) is 0 Å². The van der Waals surface area contributed by atoms with Crippen molar-refractivity contribution in [2.75, 3.05) is 27.9 Å². The van der Waals surface area contributed by atoms with E-state index in [-0.39, 0.29) is 12.3 Å². The van der Waals surface area contributed by atoms with Gasteiger partial charge in [-0.25, -0.2) is 4.98 Å². The Bertz CT molecular complexity index is 981. The molecule has 0 aliphatic rings. The maximum atomic E-state index is 12.4. The van der Waals surface area contributed by atoms with E-state index in [1.807, 2.05) is 13.0 Å². The van der Waals surface area contributed by atoms with Crippen LogP contribution in [-0.4, -0.2) is 38.8 Å². The molecule has 0 fully saturated rings. The van der Waals surface area contributed by atoms with Gasteiger partial charge in [0.25, 0.3) is 0 Å². The SMILES string of the molecule is COc1ccc(CC(=O)NCCc2ccc(-c3csc(C)n3)s2)c(OC)c1OC. The lowest BCUT2D eigenvalue weighted by Crippen LogP contribution is -2.27. The van der Waals surface area contributed by atoms with Crippen LogP contribution in [0.4, 0.5) is 0 Å². The van der Waals surface area contributed by atoms with E-state index >= 15 is 0 Å². The quantitative estimate of drug-likeness (QED) is 0.551. The lowest BCUT2D eigenvalue weighted by Gasteiger charge is -2.15. The molecule has 0 unspecified atom stereocenters. The molecule has 0 spiro atoms. The Balaban J connectivity index is 1.56. The van der Waals surface area contributed by atoms with Crippen molar-refractivity contribution in [2.45, 2.75) is 19.8 Å². The van der Waals surface area contributed by atoms with Crippen molar-refractivity contribution in [2.24, 2.45) is 0 Å². The predicted molar refractivity (Wildman–Crippen MR) is 117 cm³/mol. The normalized spacial score (nSPS) is 10.6. The summed E-state index contributed by atoms with van der Waals surface area (Å²) in [6, 6.07) is 7.78. The number of carbonyl (C=O) groups excluding carboxylic acids is 1. The monoisotopic (exact) mass is 432 g/mol. The summed E-state index contributed by atoms with van der Waals surface area (Å²) in [6.07, 6.45) is 0.986. The Morgan fingerprint density at radius 3 is 2.52 bits per heavy atom. The summed E-state index contributed by atoms with van der Waals surface area (Å²) in [7, 11) is 4.67. The van der Waals surface area contributed by atoms with E-state index in [1.54, 1.807) is 50.1 Å². The zero-order valence-electron chi connectivity index (χ0n) is 16.9. The number of hydrogen-bond donors (Lipinski definition) is 1. The Kier molecular flexibility index (Phi) is 7.11. The molecule has 3 aromatic rings. The largest absolute Gasteiger partial charge is 0.493 e. The summed E-state index contributed by atoms with van der Waals surface area (Å²) in [5.74, 6) is 1.51. The third-order valence-corrected chi connectivity index (χ3v) is 6.30. The zero-order chi connectivity index (χ0) is 20.8. The number of nitrogens with zero attached hydrogens (tertiary/aromatic N) is 1. The third kappa shape index (κ3) is 5.07. The molecule has 1 amide bonds. The minimum atomic E-state index is -0.0672. The van der Waals surface area contributed by atoms with Crippen LogP contribution >= 0.6 is 22.7 Å². The second kappa shape index (κ2) is 9.76. The maximum Gasteiger partial charge on any atom is 0.224 e. The van der Waals surface area contributed by atoms with Gasteiger partial charge in [-0.3, -0.25) is 4.79 Å². The van der Waals surface area contributed by atoms with Gasteiger partial charge in [-0.2, -0.15) is 0 Å². The third-order valence-electron chi connectivity index (χ3n) is 4.36. The first-order valence-electron chi connectivity index (χ1n) is 9.11. The van der Waals surface area contributed by atoms with E-state index in [2.05, 4.69) is 27.8 Å². The van der Waals surface area contributed by atoms with Crippen LogP contribution in [0.1, 0.15) is 15.4 Å². The van der Waals surface area contributed by atoms with Gasteiger partial charge >= 0.3 is 0 Å². The first-order chi connectivity index (χ1) is 14.0. The highest BCUT2D eigenvalue weighted by molar-refractivity contribution is 7.16. The van der Waals surface area contributed by atoms with Crippen LogP contribution in [0.25, 0.3) is 10.6 Å². The average Bonchev–Trinajstić information content (AvgIpc) is 3.36. The predicted octanol–water partition coefficient (Wildman–Crippen LogP) is 4.11. The number of thiophene rings is 1. The molecule has 3 rings (SSSR count). The van der Waals surface area contributed by atoms with Gasteiger partial charge in [0.1, 0.15) is 0 Å². The molecule has 2 heterocycles. The molecule has 0 bridgehead atoms. The minimum Gasteiger partial charge on any atom is -0.493 e. The molecule has 1 N–H and O–H groups in total. The lowest BCUT2D eigenvalue weighted by molar-refractivity contribution is -0.120. The fourth-order valence-electron chi connectivity index (χ4n) is 2.99. The molecule has 1 aromatic carbocycles. The van der Waals surface area contributed by atoms with Gasteiger partial charge in [0.05, 0.1) is 43.3 Å². The maximum absolute atomic E-state index is 12.4. The summed E-state index contributed by atoms with van der Waals surface area (Å²) in [5, 5.41) is 6.11. The highest BCUT2D eigenvalue weighted by Crippen LogP contribution is 2.39. The Hall–Kier alpha value is -2.58. The number of aromatic nitrogens is 1. The van der Waals surface area contributed by atoms with E-state index in [0.29, 0.717) is 23.8 Å². The van der Waals surface area contributed by atoms with E-state index in [1.165, 1.54) is 4.88 Å². The smallest absolute Gasteiger partial charge is 0.224 e. The molecular weight excluding hydrogens is 408 g/mol. The van der Waals surface area contributed by atoms with E-state index in [0.717, 1.165) is 27.6 Å². The van der Waals surface area contributed by atoms with E-state index in [9.17, 15) is 4.79 Å². The second-order valence-electron chi connectivity index (χ2n) is 6.29. The standard InChI is InChI=1S/C21H24N2O4S2/c1-13-23-16(12-28-13)18-8-6-15(29-18)9-10-22-19(24)11-14-5-7-17(25-2)21(27-4)20(14)26-3/h5-8,12H,9-11H2,1-4H3,(H,22,24). The van der Waals surface area contributed by atoms with Gasteiger partial charge in [-0.05, 0) is 31.5 Å². The summed E-state index contributed by atoms with van der Waals surface area (Å²) < 4.78 is 16.1. The van der Waals surface area contributed by atoms with Crippen LogP contribution in [0.15, 0.2) is 29.6 Å². The average molecular weight is 433 g/mol. The number of amides is 1. The van der Waals surface area contributed by atoms with E-state index < -0.39 is 0 Å². The molecule has 0 atom stereocenters. The van der Waals surface area contributed by atoms with Crippen LogP contribution in [0, 0.1) is 6.92 Å². The molecule has 0 radical (unpaired) electrons. The summed E-state index contributed by atoms with van der Waals surface area (Å²) in [6.45, 7) is 2.58. The first-order valence-corrected chi connectivity index (χ1v) is 10.8. The van der Waals surface area contributed by atoms with Gasteiger partial charge < -0.3 is 19.5 Å². The van der Waals surface area contributed by atoms with Crippen LogP contribution in [-0.2, 0) is 17.6 Å². The number of rotatable bonds is 9. The molecule has 29 heavy (non-hydrogen) atoms. The summed E-state index contributed by atoms with van der Waals surface area (Å²) in [5.41, 5.74) is 1.77. The minimum absolute atomic E-state index is 0.0672. The molecule has 0 saturated heterocycles. The van der Waals surface area contributed by atoms with Gasteiger partial charge in [0, 0.05) is 22.4 Å². The number of ether oxygens (including phenoxy) is 3. The fourth-order valence-corrected chi connectivity index (χ4v) is 4.64. The van der Waals surface area contributed by atoms with Crippen LogP contribution in [0.2, 0.25) is 0 Å². The Morgan fingerprint density at radius 2 is 1.86 bits per heavy atom. The lowest BCUT2D eigenvalue weighted by atomic mass is 10.1. The van der Waals surface area contributed by atoms with Crippen molar-refractivity contribution in [3.05, 3.63) is 45.1 Å². The number of aryl methyl sites for hydroxylation is 1. The number of thiazole rings is 1. The van der Waals surface area contributed by atoms with E-state index in [4.69, 9.17) is 14.2 Å². The molecule has 8 heteroatoms. The highest BCUT2D eigenvalue weighted by Gasteiger charge is 2.17. The van der Waals surface area contributed by atoms with Crippen molar-refractivity contribution in [1.82, 2.24) is 10.3 Å². The van der Waals surface area contributed by atoms with Crippen molar-refractivity contribution >= 4 is 28.6 Å². The van der Waals surface area contributed by atoms with Crippen molar-refractivity contribution in [3.63, 3.8) is 0 Å². The van der Waals surface area contributed by atoms with Gasteiger partial charge in [0.2, 0.25) is 11.7 Å². The Morgan fingerprint density at radius 1 is 1.07 bits per heavy atom. The van der Waals surface area contributed by atoms with Gasteiger partial charge in [-0.15, -0.1) is 22.7 Å². The molecule has 6 nitrogen and oxygen atoms in total. The number of nitrogens with one attached hydrogen (secondary N) is 1. The highest BCUT2D eigenvalue weighted by atomic mass is 32.1. The molecular formula is C21H24N2O4S2. The first kappa shape index (κ1) is 21.1. The van der Waals surface area contributed by atoms with Crippen LogP contribution in [0.3, 0.4) is 0 Å². The van der Waals surface area contributed by atoms with Crippen LogP contribution in [0.5, 0.6) is 17.2 Å². The van der Waals surface area contributed by atoms with Crippen molar-refractivity contribution < 1.29 is 19.0 Å². The molecule has 0 saturated carbocycles. The number of carbonyl (C=O) groups is 1. The number of benzene rings is 1. The van der Waals surface area contributed by atoms with Gasteiger partial charge in [-0.1, -0.05) is 6.07 Å². The van der Waals surface area contributed by atoms with Crippen LogP contribution < -0.4 is 19.5 Å². The zero-order valence-corrected chi connectivity index (χ0v) is 18.5. The molecule has 0 aliphatic carbocycles. The molecule has 2 aromatic heterocycles.